The third-order valence-electron chi connectivity index (χ3n) is 9.36. The Morgan fingerprint density at radius 1 is 0.542 bits per heavy atom. The van der Waals surface area contributed by atoms with E-state index in [9.17, 15) is 0 Å². The molecule has 0 saturated carbocycles. The number of rotatable bonds is 4. The maximum absolute atomic E-state index is 6.68. The SMILES string of the molecule is C1=CC(c2nc(-c3cccc4sc5ccccc5c34)nc(-c3ccc(-c4ccc5ccccc5c4)c4oc5ccccc5c34)n2)=CCC1. The fourth-order valence-electron chi connectivity index (χ4n) is 7.08. The zero-order valence-corrected chi connectivity index (χ0v) is 26.7. The second-order valence-electron chi connectivity index (χ2n) is 12.2. The molecule has 0 fully saturated rings. The lowest BCUT2D eigenvalue weighted by Gasteiger charge is -2.13. The van der Waals surface area contributed by atoms with Gasteiger partial charge in [-0.05, 0) is 65.6 Å². The zero-order valence-electron chi connectivity index (χ0n) is 25.9. The van der Waals surface area contributed by atoms with Crippen molar-refractivity contribution in [3.8, 4) is 33.9 Å². The molecule has 0 aliphatic heterocycles. The van der Waals surface area contributed by atoms with Crippen LogP contribution in [0.2, 0.25) is 0 Å². The molecule has 0 bridgehead atoms. The van der Waals surface area contributed by atoms with Crippen LogP contribution in [0, 0.1) is 0 Å². The van der Waals surface area contributed by atoms with Crippen molar-refractivity contribution < 1.29 is 4.42 Å². The predicted octanol–water partition coefficient (Wildman–Crippen LogP) is 12.0. The molecule has 1 aliphatic rings. The molecule has 0 spiro atoms. The third kappa shape index (κ3) is 4.32. The summed E-state index contributed by atoms with van der Waals surface area (Å²) < 4.78 is 9.15. The van der Waals surface area contributed by atoms with E-state index in [1.54, 1.807) is 11.3 Å². The first kappa shape index (κ1) is 27.2. The van der Waals surface area contributed by atoms with Crippen molar-refractivity contribution >= 4 is 69.8 Å². The van der Waals surface area contributed by atoms with Gasteiger partial charge in [-0.3, -0.25) is 0 Å². The highest BCUT2D eigenvalue weighted by Crippen LogP contribution is 2.43. The molecular weight excluding hydrogens is 607 g/mol. The fourth-order valence-corrected chi connectivity index (χ4v) is 8.22. The minimum atomic E-state index is 0.632. The average molecular weight is 634 g/mol. The standard InChI is InChI=1S/C43H27N3OS/c1-2-12-27(13-3-1)41-44-42(33-17-10-20-37-38(33)32-16-7-9-19-36(32)48-37)46-43(45-41)34-24-23-30(29-22-21-26-11-4-5-14-28(26)25-29)40-39(34)31-15-6-8-18-35(31)47-40/h2,4-25H,1,3H2. The van der Waals surface area contributed by atoms with Crippen LogP contribution >= 0.6 is 11.3 Å². The molecular formula is C43H27N3OS. The van der Waals surface area contributed by atoms with Gasteiger partial charge in [0.05, 0.1) is 0 Å². The topological polar surface area (TPSA) is 51.8 Å². The molecule has 6 aromatic carbocycles. The van der Waals surface area contributed by atoms with E-state index in [0.717, 1.165) is 62.6 Å². The molecule has 0 unspecified atom stereocenters. The van der Waals surface area contributed by atoms with Crippen LogP contribution in [0.25, 0.3) is 92.4 Å². The lowest BCUT2D eigenvalue weighted by Crippen LogP contribution is -2.03. The summed E-state index contributed by atoms with van der Waals surface area (Å²) in [4.78, 5) is 15.6. The van der Waals surface area contributed by atoms with E-state index in [2.05, 4.69) is 127 Å². The van der Waals surface area contributed by atoms with E-state index in [-0.39, 0.29) is 0 Å². The Morgan fingerprint density at radius 2 is 1.27 bits per heavy atom. The van der Waals surface area contributed by atoms with Crippen molar-refractivity contribution in [3.05, 3.63) is 145 Å². The maximum atomic E-state index is 6.68. The molecule has 0 radical (unpaired) electrons. The Bertz CT molecular complexity index is 2800. The van der Waals surface area contributed by atoms with Crippen LogP contribution < -0.4 is 0 Å². The van der Waals surface area contributed by atoms with Gasteiger partial charge in [-0.15, -0.1) is 11.3 Å². The molecule has 3 aromatic heterocycles. The first-order valence-corrected chi connectivity index (χ1v) is 17.1. The minimum Gasteiger partial charge on any atom is -0.455 e. The van der Waals surface area contributed by atoms with E-state index in [1.165, 1.54) is 30.9 Å². The number of para-hydroxylation sites is 1. The number of aromatic nitrogens is 3. The molecule has 9 aromatic rings. The van der Waals surface area contributed by atoms with E-state index in [4.69, 9.17) is 19.4 Å². The van der Waals surface area contributed by atoms with Crippen LogP contribution in [0.3, 0.4) is 0 Å². The largest absolute Gasteiger partial charge is 0.455 e. The molecule has 4 nitrogen and oxygen atoms in total. The Hall–Kier alpha value is -5.91. The van der Waals surface area contributed by atoms with Crippen molar-refractivity contribution in [2.75, 3.05) is 0 Å². The first-order valence-electron chi connectivity index (χ1n) is 16.3. The van der Waals surface area contributed by atoms with Crippen LogP contribution in [0.4, 0.5) is 0 Å². The number of nitrogens with zero attached hydrogens (tertiary/aromatic N) is 3. The summed E-state index contributed by atoms with van der Waals surface area (Å²) in [5.74, 6) is 1.98. The normalized spacial score (nSPS) is 13.3. The first-order chi connectivity index (χ1) is 23.8. The molecule has 0 atom stereocenters. The summed E-state index contributed by atoms with van der Waals surface area (Å²) in [6, 6.07) is 42.6. The van der Waals surface area contributed by atoms with Crippen molar-refractivity contribution in [1.82, 2.24) is 15.0 Å². The van der Waals surface area contributed by atoms with Crippen molar-refractivity contribution in [3.63, 3.8) is 0 Å². The van der Waals surface area contributed by atoms with E-state index < -0.39 is 0 Å². The van der Waals surface area contributed by atoms with Gasteiger partial charge in [-0.1, -0.05) is 103 Å². The fraction of sp³-hybridized carbons (Fsp3) is 0.0465. The zero-order chi connectivity index (χ0) is 31.6. The van der Waals surface area contributed by atoms with Crippen LogP contribution in [0.1, 0.15) is 18.7 Å². The van der Waals surface area contributed by atoms with Crippen molar-refractivity contribution in [1.29, 1.82) is 0 Å². The second-order valence-corrected chi connectivity index (χ2v) is 13.3. The summed E-state index contributed by atoms with van der Waals surface area (Å²) >= 11 is 1.80. The van der Waals surface area contributed by atoms with Gasteiger partial charge < -0.3 is 4.42 Å². The van der Waals surface area contributed by atoms with Gasteiger partial charge >= 0.3 is 0 Å². The summed E-state index contributed by atoms with van der Waals surface area (Å²) in [5, 5.41) is 6.85. The van der Waals surface area contributed by atoms with Gasteiger partial charge in [0.25, 0.3) is 0 Å². The summed E-state index contributed by atoms with van der Waals surface area (Å²) in [7, 11) is 0. The smallest absolute Gasteiger partial charge is 0.164 e. The number of hydrogen-bond donors (Lipinski definition) is 0. The molecule has 48 heavy (non-hydrogen) atoms. The molecule has 3 heterocycles. The highest BCUT2D eigenvalue weighted by atomic mass is 32.1. The number of hydrogen-bond acceptors (Lipinski definition) is 5. The van der Waals surface area contributed by atoms with Gasteiger partial charge in [0.15, 0.2) is 17.5 Å². The molecule has 0 amide bonds. The molecule has 0 saturated heterocycles. The lowest BCUT2D eigenvalue weighted by molar-refractivity contribution is 0.670. The van der Waals surface area contributed by atoms with Gasteiger partial charge in [-0.2, -0.15) is 0 Å². The van der Waals surface area contributed by atoms with Gasteiger partial charge in [-0.25, -0.2) is 15.0 Å². The van der Waals surface area contributed by atoms with Gasteiger partial charge in [0, 0.05) is 53.2 Å². The molecule has 10 rings (SSSR count). The average Bonchev–Trinajstić information content (AvgIpc) is 3.74. The molecule has 0 N–H and O–H groups in total. The third-order valence-corrected chi connectivity index (χ3v) is 10.5. The molecule has 5 heteroatoms. The molecule has 226 valence electrons. The summed E-state index contributed by atoms with van der Waals surface area (Å²) in [6.45, 7) is 0. The number of thiophene rings is 1. The van der Waals surface area contributed by atoms with E-state index >= 15 is 0 Å². The minimum absolute atomic E-state index is 0.632. The Labute approximate surface area is 280 Å². The predicted molar refractivity (Wildman–Crippen MR) is 200 cm³/mol. The number of furan rings is 1. The van der Waals surface area contributed by atoms with Crippen LogP contribution in [0.15, 0.2) is 144 Å². The monoisotopic (exact) mass is 633 g/mol. The Balaban J connectivity index is 1.25. The van der Waals surface area contributed by atoms with Gasteiger partial charge in [0.2, 0.25) is 0 Å². The number of allylic oxidation sites excluding steroid dienone is 4. The van der Waals surface area contributed by atoms with Crippen LogP contribution in [-0.4, -0.2) is 15.0 Å². The van der Waals surface area contributed by atoms with Crippen molar-refractivity contribution in [2.24, 2.45) is 0 Å². The summed E-state index contributed by atoms with van der Waals surface area (Å²) in [6.07, 6.45) is 8.55. The van der Waals surface area contributed by atoms with Gasteiger partial charge in [0.1, 0.15) is 11.2 Å². The lowest BCUT2D eigenvalue weighted by atomic mass is 9.96. The molecule has 1 aliphatic carbocycles. The highest BCUT2D eigenvalue weighted by Gasteiger charge is 2.22. The van der Waals surface area contributed by atoms with Crippen LogP contribution in [0.5, 0.6) is 0 Å². The van der Waals surface area contributed by atoms with E-state index in [1.807, 2.05) is 12.1 Å². The van der Waals surface area contributed by atoms with E-state index in [0.29, 0.717) is 17.5 Å². The van der Waals surface area contributed by atoms with Crippen LogP contribution in [-0.2, 0) is 0 Å². The highest BCUT2D eigenvalue weighted by molar-refractivity contribution is 7.25. The number of benzene rings is 6. The quantitative estimate of drug-likeness (QED) is 0.193. The summed E-state index contributed by atoms with van der Waals surface area (Å²) in [5.41, 5.74) is 6.77. The van der Waals surface area contributed by atoms with Crippen molar-refractivity contribution in [2.45, 2.75) is 12.8 Å². The second kappa shape index (κ2) is 10.8. The maximum Gasteiger partial charge on any atom is 0.164 e. The Morgan fingerprint density at radius 3 is 2.15 bits per heavy atom. The Kier molecular flexibility index (Phi) is 6.14. The number of fused-ring (bicyclic) bond motifs is 7.